The minimum absolute atomic E-state index is 0.230. The van der Waals surface area contributed by atoms with Crippen molar-refractivity contribution in [1.82, 2.24) is 4.98 Å². The molecule has 2 rings (SSSR count). The normalized spacial score (nSPS) is 12.2. The Morgan fingerprint density at radius 3 is 2.18 bits per heavy atom. The van der Waals surface area contributed by atoms with Gasteiger partial charge in [0.15, 0.2) is 0 Å². The molecule has 0 saturated carbocycles. The van der Waals surface area contributed by atoms with E-state index in [0.717, 1.165) is 12.8 Å². The molecule has 0 amide bonds. The molecule has 0 aliphatic rings. The lowest BCUT2D eigenvalue weighted by atomic mass is 9.92. The summed E-state index contributed by atoms with van der Waals surface area (Å²) in [6.45, 7) is 4.48. The number of unbranched alkanes of at least 4 members (excludes halogenated alkanes) is 9. The first-order valence-corrected chi connectivity index (χ1v) is 13.1. The van der Waals surface area contributed by atoms with Gasteiger partial charge in [-0.3, -0.25) is 0 Å². The number of aryl methyl sites for hydroxylation is 1. The molecule has 1 atom stereocenters. The first kappa shape index (κ1) is 26.8. The molecule has 0 bridgehead atoms. The Kier molecular flexibility index (Phi) is 13.9. The van der Waals surface area contributed by atoms with Gasteiger partial charge in [0.25, 0.3) is 0 Å². The zero-order chi connectivity index (χ0) is 23.6. The second kappa shape index (κ2) is 17.1. The molecule has 33 heavy (non-hydrogen) atoms. The van der Waals surface area contributed by atoms with Crippen molar-refractivity contribution in [3.8, 4) is 5.88 Å². The molecule has 0 N–H and O–H groups in total. The Balaban J connectivity index is 1.82. The zero-order valence-electron chi connectivity index (χ0n) is 20.8. The van der Waals surface area contributed by atoms with Crippen LogP contribution in [0.1, 0.15) is 108 Å². The molecular weight excluding hydrogens is 406 g/mol. The van der Waals surface area contributed by atoms with E-state index in [1.54, 1.807) is 12.1 Å². The minimum atomic E-state index is -0.362. The van der Waals surface area contributed by atoms with Crippen LogP contribution in [0.15, 0.2) is 60.8 Å². The molecule has 3 heteroatoms. The number of rotatable bonds is 17. The summed E-state index contributed by atoms with van der Waals surface area (Å²) in [5.74, 6) is 0.234. The number of esters is 1. The predicted molar refractivity (Wildman–Crippen MR) is 139 cm³/mol. The van der Waals surface area contributed by atoms with E-state index >= 15 is 0 Å². The maximum atomic E-state index is 12.4. The molecule has 0 radical (unpaired) electrons. The van der Waals surface area contributed by atoms with Crippen LogP contribution in [0.2, 0.25) is 0 Å². The number of hydrogen-bond acceptors (Lipinski definition) is 3. The third-order valence-electron chi connectivity index (χ3n) is 6.13. The van der Waals surface area contributed by atoms with Crippen LogP contribution in [0.4, 0.5) is 0 Å². The number of carbonyl (C=O) groups excluding carboxylic acids is 1. The van der Waals surface area contributed by atoms with Gasteiger partial charge >= 0.3 is 5.97 Å². The van der Waals surface area contributed by atoms with Gasteiger partial charge < -0.3 is 4.74 Å². The Morgan fingerprint density at radius 1 is 0.848 bits per heavy atom. The molecule has 180 valence electrons. The van der Waals surface area contributed by atoms with Crippen molar-refractivity contribution in [3.63, 3.8) is 0 Å². The van der Waals surface area contributed by atoms with E-state index in [2.05, 4.69) is 43.1 Å². The van der Waals surface area contributed by atoms with Gasteiger partial charge in [0.05, 0.1) is 0 Å². The fraction of sp³-hybridized carbons (Fsp3) is 0.533. The van der Waals surface area contributed by atoms with Gasteiger partial charge in [0, 0.05) is 24.3 Å². The molecular formula is C30H43NO2. The van der Waals surface area contributed by atoms with E-state index in [1.165, 1.54) is 81.8 Å². The molecule has 2 aromatic rings. The lowest BCUT2D eigenvalue weighted by Gasteiger charge is -2.13. The number of carbonyl (C=O) groups is 1. The first-order chi connectivity index (χ1) is 16.2. The van der Waals surface area contributed by atoms with Crippen molar-refractivity contribution in [1.29, 1.82) is 0 Å². The predicted octanol–water partition coefficient (Wildman–Crippen LogP) is 8.59. The molecule has 1 aromatic carbocycles. The summed E-state index contributed by atoms with van der Waals surface area (Å²) in [5, 5.41) is 0. The van der Waals surface area contributed by atoms with Gasteiger partial charge in [-0.15, -0.1) is 0 Å². The Morgan fingerprint density at radius 2 is 1.52 bits per heavy atom. The second-order valence-corrected chi connectivity index (χ2v) is 9.02. The first-order valence-electron chi connectivity index (χ1n) is 13.1. The number of hydrogen-bond donors (Lipinski definition) is 0. The van der Waals surface area contributed by atoms with Crippen molar-refractivity contribution in [2.75, 3.05) is 0 Å². The highest BCUT2D eigenvalue weighted by Crippen LogP contribution is 2.24. The fourth-order valence-corrected chi connectivity index (χ4v) is 4.10. The van der Waals surface area contributed by atoms with Crippen LogP contribution in [0.5, 0.6) is 5.88 Å². The molecule has 0 aliphatic carbocycles. The number of pyridine rings is 1. The van der Waals surface area contributed by atoms with Crippen molar-refractivity contribution in [3.05, 3.63) is 71.9 Å². The Bertz CT molecular complexity index is 783. The van der Waals surface area contributed by atoms with Crippen LogP contribution in [-0.2, 0) is 11.2 Å². The summed E-state index contributed by atoms with van der Waals surface area (Å²) in [4.78, 5) is 16.7. The smallest absolute Gasteiger partial charge is 0.337 e. The van der Waals surface area contributed by atoms with Gasteiger partial charge in [-0.25, -0.2) is 9.78 Å². The second-order valence-electron chi connectivity index (χ2n) is 9.02. The van der Waals surface area contributed by atoms with Crippen molar-refractivity contribution in [2.45, 2.75) is 103 Å². The number of ether oxygens (including phenoxy) is 1. The van der Waals surface area contributed by atoms with Crippen molar-refractivity contribution in [2.24, 2.45) is 0 Å². The topological polar surface area (TPSA) is 39.2 Å². The van der Waals surface area contributed by atoms with E-state index in [-0.39, 0.29) is 11.9 Å². The maximum Gasteiger partial charge on any atom is 0.337 e. The van der Waals surface area contributed by atoms with Crippen molar-refractivity contribution < 1.29 is 9.53 Å². The van der Waals surface area contributed by atoms with Gasteiger partial charge in [-0.1, -0.05) is 121 Å². The van der Waals surface area contributed by atoms with Gasteiger partial charge in [-0.05, 0) is 30.4 Å². The Hall–Kier alpha value is -2.42. The summed E-state index contributed by atoms with van der Waals surface area (Å²) < 4.78 is 5.45. The van der Waals surface area contributed by atoms with E-state index in [9.17, 15) is 4.79 Å². The van der Waals surface area contributed by atoms with E-state index in [4.69, 9.17) is 4.74 Å². The average molecular weight is 450 g/mol. The van der Waals surface area contributed by atoms with Crippen LogP contribution in [0.25, 0.3) is 0 Å². The molecule has 0 fully saturated rings. The summed E-state index contributed by atoms with van der Waals surface area (Å²) in [7, 11) is 0. The Labute approximate surface area is 201 Å². The van der Waals surface area contributed by atoms with Gasteiger partial charge in [0.1, 0.15) is 0 Å². The quantitative estimate of drug-likeness (QED) is 0.138. The molecule has 1 unspecified atom stereocenters. The van der Waals surface area contributed by atoms with Gasteiger partial charge in [-0.2, -0.15) is 0 Å². The lowest BCUT2D eigenvalue weighted by Crippen LogP contribution is -2.06. The minimum Gasteiger partial charge on any atom is -0.404 e. The number of benzene rings is 1. The number of allylic oxidation sites excluding steroid dienone is 1. The fourth-order valence-electron chi connectivity index (χ4n) is 4.10. The molecule has 0 spiro atoms. The standard InChI is InChI=1S/C30H43NO2/c1-3-5-7-9-11-14-20-28(27-18-15-12-16-19-27)22-24-30(32)33-29-23-21-26(25-31-29)17-13-10-8-6-4-2/h12,15-16,18-19,21-25,28H,3-11,13-14,17,20H2,1-2H3/b24-22+. The van der Waals surface area contributed by atoms with Crippen LogP contribution >= 0.6 is 0 Å². The van der Waals surface area contributed by atoms with Crippen LogP contribution in [0.3, 0.4) is 0 Å². The van der Waals surface area contributed by atoms with E-state index < -0.39 is 0 Å². The summed E-state index contributed by atoms with van der Waals surface area (Å²) in [5.41, 5.74) is 2.45. The summed E-state index contributed by atoms with van der Waals surface area (Å²) >= 11 is 0. The zero-order valence-corrected chi connectivity index (χ0v) is 20.8. The third kappa shape index (κ3) is 11.8. The van der Waals surface area contributed by atoms with Crippen LogP contribution < -0.4 is 4.74 Å². The largest absolute Gasteiger partial charge is 0.404 e. The number of nitrogens with zero attached hydrogens (tertiary/aromatic N) is 1. The molecule has 0 saturated heterocycles. The van der Waals surface area contributed by atoms with Crippen LogP contribution in [0, 0.1) is 0 Å². The monoisotopic (exact) mass is 449 g/mol. The highest BCUT2D eigenvalue weighted by atomic mass is 16.5. The number of aromatic nitrogens is 1. The summed E-state index contributed by atoms with van der Waals surface area (Å²) in [6, 6.07) is 14.3. The van der Waals surface area contributed by atoms with E-state index in [0.29, 0.717) is 5.88 Å². The summed E-state index contributed by atoms with van der Waals surface area (Å²) in [6.07, 6.45) is 21.4. The van der Waals surface area contributed by atoms with E-state index in [1.807, 2.05) is 24.4 Å². The van der Waals surface area contributed by atoms with Crippen molar-refractivity contribution >= 4 is 5.97 Å². The molecule has 1 heterocycles. The third-order valence-corrected chi connectivity index (χ3v) is 6.13. The highest BCUT2D eigenvalue weighted by Gasteiger charge is 2.10. The maximum absolute atomic E-state index is 12.4. The molecule has 3 nitrogen and oxygen atoms in total. The average Bonchev–Trinajstić information content (AvgIpc) is 2.84. The van der Waals surface area contributed by atoms with Gasteiger partial charge in [0.2, 0.25) is 5.88 Å². The van der Waals surface area contributed by atoms with Crippen LogP contribution in [-0.4, -0.2) is 11.0 Å². The highest BCUT2D eigenvalue weighted by molar-refractivity contribution is 5.83. The lowest BCUT2D eigenvalue weighted by molar-refractivity contribution is -0.129. The molecule has 1 aromatic heterocycles. The SMILES string of the molecule is CCCCCCCCC(/C=C/C(=O)Oc1ccc(CCCCCCC)cn1)c1ccccc1. The molecule has 0 aliphatic heterocycles.